The number of nitrogens with zero attached hydrogens (tertiary/aromatic N) is 1. The lowest BCUT2D eigenvalue weighted by molar-refractivity contribution is -0.00000635. The zero-order chi connectivity index (χ0) is 22.0. The van der Waals surface area contributed by atoms with Crippen molar-refractivity contribution in [1.82, 2.24) is 0 Å². The van der Waals surface area contributed by atoms with Crippen LogP contribution < -0.4 is 32.9 Å². The number of benzene rings is 5. The zero-order valence-corrected chi connectivity index (χ0v) is 20.8. The Kier molecular flexibility index (Phi) is 6.75. The fourth-order valence-electron chi connectivity index (χ4n) is 4.47. The highest BCUT2D eigenvalue weighted by atomic mass is 79.9. The van der Waals surface area contributed by atoms with Gasteiger partial charge in [0, 0.05) is 5.56 Å². The van der Waals surface area contributed by atoms with Gasteiger partial charge in [-0.3, -0.25) is 0 Å². The van der Waals surface area contributed by atoms with E-state index in [1.54, 1.807) is 0 Å². The molecule has 5 aromatic rings. The third-order valence-corrected chi connectivity index (χ3v) is 10.2. The first-order chi connectivity index (χ1) is 15.7. The summed E-state index contributed by atoms with van der Waals surface area (Å²) >= 11 is 0. The minimum Gasteiger partial charge on any atom is -1.00 e. The molecule has 33 heavy (non-hydrogen) atoms. The molecule has 0 saturated carbocycles. The average Bonchev–Trinajstić information content (AvgIpc) is 2.88. The van der Waals surface area contributed by atoms with E-state index in [0.717, 1.165) is 10.8 Å². The van der Waals surface area contributed by atoms with E-state index in [1.165, 1.54) is 27.0 Å². The van der Waals surface area contributed by atoms with Crippen LogP contribution in [0.25, 0.3) is 21.9 Å². The van der Waals surface area contributed by atoms with E-state index >= 15 is 0 Å². The minimum atomic E-state index is -1.85. The molecule has 0 aliphatic rings. The van der Waals surface area contributed by atoms with Gasteiger partial charge in [0.2, 0.25) is 0 Å². The molecule has 0 radical (unpaired) electrons. The zero-order valence-electron chi connectivity index (χ0n) is 18.3. The Morgan fingerprint density at radius 1 is 0.606 bits per heavy atom. The second kappa shape index (κ2) is 9.72. The van der Waals surface area contributed by atoms with Gasteiger partial charge in [-0.15, -0.1) is 0 Å². The summed E-state index contributed by atoms with van der Waals surface area (Å²) in [6, 6.07) is 45.3. The molecule has 0 spiro atoms. The predicted octanol–water partition coefficient (Wildman–Crippen LogP) is 3.31. The Labute approximate surface area is 206 Å². The summed E-state index contributed by atoms with van der Waals surface area (Å²) in [7, 11) is -1.85. The third kappa shape index (κ3) is 4.23. The lowest BCUT2D eigenvalue weighted by Gasteiger charge is -2.25. The average molecular weight is 508 g/mol. The highest BCUT2D eigenvalue weighted by Crippen LogP contribution is 2.53. The molecule has 0 bridgehead atoms. The normalized spacial score (nSPS) is 10.9. The van der Waals surface area contributed by atoms with E-state index in [-0.39, 0.29) is 17.0 Å². The summed E-state index contributed by atoms with van der Waals surface area (Å²) < 4.78 is 0. The number of hydrogen-bond acceptors (Lipinski definition) is 1. The van der Waals surface area contributed by atoms with Crippen molar-refractivity contribution in [3.8, 4) is 17.2 Å². The summed E-state index contributed by atoms with van der Waals surface area (Å²) in [4.78, 5) is 0. The van der Waals surface area contributed by atoms with Crippen LogP contribution in [0.2, 0.25) is 0 Å². The molecule has 0 saturated heterocycles. The van der Waals surface area contributed by atoms with Gasteiger partial charge in [-0.05, 0) is 64.9 Å². The maximum absolute atomic E-state index is 9.23. The molecular weight excluding hydrogens is 485 g/mol. The van der Waals surface area contributed by atoms with E-state index in [0.29, 0.717) is 5.56 Å². The van der Waals surface area contributed by atoms with Crippen LogP contribution in [-0.4, -0.2) is 6.66 Å². The monoisotopic (exact) mass is 507 g/mol. The van der Waals surface area contributed by atoms with E-state index in [1.807, 2.05) is 18.2 Å². The van der Waals surface area contributed by atoms with Crippen LogP contribution in [0.4, 0.5) is 0 Å². The van der Waals surface area contributed by atoms with Crippen LogP contribution in [-0.2, 0) is 0 Å². The van der Waals surface area contributed by atoms with Crippen LogP contribution in [0, 0.1) is 11.3 Å². The van der Waals surface area contributed by atoms with Crippen molar-refractivity contribution >= 4 is 33.9 Å². The Morgan fingerprint density at radius 3 is 1.79 bits per heavy atom. The van der Waals surface area contributed by atoms with Crippen molar-refractivity contribution in [2.75, 3.05) is 6.66 Å². The first-order valence-corrected chi connectivity index (χ1v) is 13.0. The van der Waals surface area contributed by atoms with Gasteiger partial charge in [-0.1, -0.05) is 72.8 Å². The molecule has 0 aromatic heterocycles. The van der Waals surface area contributed by atoms with Crippen molar-refractivity contribution < 1.29 is 17.0 Å². The molecular formula is C30H23BrNP. The first-order valence-electron chi connectivity index (χ1n) is 10.7. The lowest BCUT2D eigenvalue weighted by atomic mass is 10.00. The molecule has 3 heteroatoms. The van der Waals surface area contributed by atoms with Gasteiger partial charge in [0.1, 0.15) is 23.2 Å². The maximum atomic E-state index is 9.23. The quantitative estimate of drug-likeness (QED) is 0.342. The molecule has 160 valence electrons. The van der Waals surface area contributed by atoms with E-state index in [2.05, 4.69) is 116 Å². The first kappa shape index (κ1) is 22.9. The largest absolute Gasteiger partial charge is 1.00 e. The van der Waals surface area contributed by atoms with Crippen molar-refractivity contribution in [2.24, 2.45) is 0 Å². The molecule has 0 heterocycles. The Balaban J connectivity index is 0.00000259. The van der Waals surface area contributed by atoms with Crippen LogP contribution in [0.3, 0.4) is 0 Å². The van der Waals surface area contributed by atoms with Gasteiger partial charge >= 0.3 is 0 Å². The smallest absolute Gasteiger partial charge is 0.112 e. The molecule has 0 atom stereocenters. The molecule has 0 aliphatic heterocycles. The summed E-state index contributed by atoms with van der Waals surface area (Å²) in [6.45, 7) is 2.43. The summed E-state index contributed by atoms with van der Waals surface area (Å²) in [6.07, 6.45) is 0. The van der Waals surface area contributed by atoms with Crippen molar-refractivity contribution in [3.63, 3.8) is 0 Å². The topological polar surface area (TPSA) is 23.8 Å². The molecule has 1 nitrogen and oxygen atoms in total. The predicted molar refractivity (Wildman–Crippen MR) is 139 cm³/mol. The fraction of sp³-hybridized carbons (Fsp3) is 0.0333. The van der Waals surface area contributed by atoms with Crippen LogP contribution in [0.5, 0.6) is 0 Å². The van der Waals surface area contributed by atoms with Crippen LogP contribution in [0.15, 0.2) is 121 Å². The van der Waals surface area contributed by atoms with Crippen molar-refractivity contribution in [3.05, 3.63) is 127 Å². The Morgan fingerprint density at radius 2 is 1.15 bits per heavy atom. The molecule has 0 fully saturated rings. The molecule has 5 aromatic carbocycles. The molecule has 5 rings (SSSR count). The van der Waals surface area contributed by atoms with Gasteiger partial charge in [0.25, 0.3) is 0 Å². The number of fused-ring (bicyclic) bond motifs is 1. The van der Waals surface area contributed by atoms with E-state index < -0.39 is 7.26 Å². The summed E-state index contributed by atoms with van der Waals surface area (Å²) in [5.41, 5.74) is 3.16. The number of halogens is 1. The van der Waals surface area contributed by atoms with Crippen LogP contribution in [0.1, 0.15) is 5.56 Å². The van der Waals surface area contributed by atoms with Crippen LogP contribution >= 0.6 is 7.26 Å². The Hall–Kier alpha value is -3.24. The molecule has 0 amide bonds. The SMILES string of the molecule is C[P+](c1ccccc1)(c1ccccc1)c1ccccc1-c1ccc2cc(C#N)ccc2c1.[Br-]. The Bertz CT molecular complexity index is 1400. The highest BCUT2D eigenvalue weighted by Gasteiger charge is 2.41. The third-order valence-electron chi connectivity index (χ3n) is 6.21. The standard InChI is InChI=1S/C30H23NP.BrH/c1-32(27-10-4-2-5-11-27,28-12-6-3-7-13-28)30-15-9-8-14-29(30)26-19-18-24-20-23(22-31)16-17-25(24)21-26;/h2-21H,1H3;1H/q+1;/p-1. The molecule has 0 unspecified atom stereocenters. The minimum absolute atomic E-state index is 0. The summed E-state index contributed by atoms with van der Waals surface area (Å²) in [5, 5.41) is 15.6. The lowest BCUT2D eigenvalue weighted by Crippen LogP contribution is -3.00. The maximum Gasteiger partial charge on any atom is 0.112 e. The highest BCUT2D eigenvalue weighted by molar-refractivity contribution is 7.95. The second-order valence-electron chi connectivity index (χ2n) is 8.08. The van der Waals surface area contributed by atoms with Crippen molar-refractivity contribution in [1.29, 1.82) is 5.26 Å². The van der Waals surface area contributed by atoms with Gasteiger partial charge < -0.3 is 17.0 Å². The van der Waals surface area contributed by atoms with Gasteiger partial charge in [-0.2, -0.15) is 5.26 Å². The van der Waals surface area contributed by atoms with E-state index in [4.69, 9.17) is 0 Å². The number of nitriles is 1. The van der Waals surface area contributed by atoms with Gasteiger partial charge in [0.15, 0.2) is 0 Å². The van der Waals surface area contributed by atoms with Gasteiger partial charge in [0.05, 0.1) is 18.3 Å². The second-order valence-corrected chi connectivity index (χ2v) is 11.6. The van der Waals surface area contributed by atoms with E-state index in [9.17, 15) is 5.26 Å². The summed E-state index contributed by atoms with van der Waals surface area (Å²) in [5.74, 6) is 0. The molecule has 0 N–H and O–H groups in total. The number of rotatable bonds is 4. The molecule has 0 aliphatic carbocycles. The van der Waals surface area contributed by atoms with Gasteiger partial charge in [-0.25, -0.2) is 0 Å². The fourth-order valence-corrected chi connectivity index (χ4v) is 7.93. The number of hydrogen-bond donors (Lipinski definition) is 0. The van der Waals surface area contributed by atoms with Crippen molar-refractivity contribution in [2.45, 2.75) is 0 Å².